The van der Waals surface area contributed by atoms with Crippen LogP contribution in [0.2, 0.25) is 0 Å². The topological polar surface area (TPSA) is 58.4 Å². The molecule has 1 aliphatic heterocycles. The monoisotopic (exact) mass is 323 g/mol. The van der Waals surface area contributed by atoms with Crippen molar-refractivity contribution in [1.82, 2.24) is 0 Å². The van der Waals surface area contributed by atoms with Crippen LogP contribution in [0.1, 0.15) is 25.0 Å². The molecule has 0 saturated heterocycles. The van der Waals surface area contributed by atoms with E-state index in [2.05, 4.69) is 46.6 Å². The van der Waals surface area contributed by atoms with Gasteiger partial charge in [0.25, 0.3) is 0 Å². The van der Waals surface area contributed by atoms with Gasteiger partial charge in [-0.1, -0.05) is 37.3 Å². The third kappa shape index (κ3) is 3.60. The molecule has 4 nitrogen and oxygen atoms in total. The van der Waals surface area contributed by atoms with Gasteiger partial charge in [-0.15, -0.1) is 0 Å². The number of nitrogens with two attached hydrogens (primary N) is 1. The molecule has 3 rings (SSSR count). The first-order chi connectivity index (χ1) is 11.5. The van der Waals surface area contributed by atoms with E-state index in [4.69, 9.17) is 5.73 Å². The Hall–Kier alpha value is -2.33. The van der Waals surface area contributed by atoms with Crippen LogP contribution in [-0.4, -0.2) is 18.5 Å². The van der Waals surface area contributed by atoms with Crippen molar-refractivity contribution in [2.24, 2.45) is 11.7 Å². The number of anilines is 2. The average Bonchev–Trinajstić information content (AvgIpc) is 2.99. The molecule has 3 N–H and O–H groups in total. The number of carbonyl (C=O) groups is 1. The smallest absolute Gasteiger partial charge is 0.228 e. The molecule has 0 fully saturated rings. The number of benzene rings is 2. The van der Waals surface area contributed by atoms with E-state index in [0.29, 0.717) is 0 Å². The maximum atomic E-state index is 12.1. The second-order valence-corrected chi connectivity index (χ2v) is 6.63. The number of nitrogens with one attached hydrogen (secondary N) is 1. The molecule has 0 radical (unpaired) electrons. The molecular formula is C20H25N3O. The molecule has 0 aliphatic carbocycles. The summed E-state index contributed by atoms with van der Waals surface area (Å²) in [6.07, 6.45) is 1.11. The van der Waals surface area contributed by atoms with Crippen molar-refractivity contribution >= 4 is 17.3 Å². The zero-order chi connectivity index (χ0) is 17.1. The second kappa shape index (κ2) is 7.05. The van der Waals surface area contributed by atoms with Gasteiger partial charge in [0.05, 0.1) is 5.92 Å². The Kier molecular flexibility index (Phi) is 4.86. The fraction of sp³-hybridized carbons (Fsp3) is 0.350. The third-order valence-corrected chi connectivity index (χ3v) is 4.78. The highest BCUT2D eigenvalue weighted by molar-refractivity contribution is 5.92. The van der Waals surface area contributed by atoms with Crippen molar-refractivity contribution in [1.29, 1.82) is 0 Å². The summed E-state index contributed by atoms with van der Waals surface area (Å²) in [4.78, 5) is 14.5. The Morgan fingerprint density at radius 3 is 2.58 bits per heavy atom. The fourth-order valence-corrected chi connectivity index (χ4v) is 2.98. The van der Waals surface area contributed by atoms with E-state index in [0.717, 1.165) is 25.2 Å². The molecule has 126 valence electrons. The van der Waals surface area contributed by atoms with Crippen LogP contribution in [0, 0.1) is 5.92 Å². The summed E-state index contributed by atoms with van der Waals surface area (Å²) in [7, 11) is 0. The number of hydrogen-bond acceptors (Lipinski definition) is 3. The molecule has 0 saturated carbocycles. The lowest BCUT2D eigenvalue weighted by Gasteiger charge is -2.20. The minimum Gasteiger partial charge on any atom is -0.367 e. The minimum atomic E-state index is -0.203. The number of amides is 1. The maximum Gasteiger partial charge on any atom is 0.228 e. The minimum absolute atomic E-state index is 0.0359. The van der Waals surface area contributed by atoms with Gasteiger partial charge in [-0.25, -0.2) is 0 Å². The fourth-order valence-electron chi connectivity index (χ4n) is 2.98. The molecule has 4 heteroatoms. The number of nitrogens with zero attached hydrogens (tertiary/aromatic N) is 1. The van der Waals surface area contributed by atoms with Gasteiger partial charge >= 0.3 is 0 Å². The Labute approximate surface area is 143 Å². The van der Waals surface area contributed by atoms with Crippen LogP contribution in [0.3, 0.4) is 0 Å². The predicted octanol–water partition coefficient (Wildman–Crippen LogP) is 3.17. The standard InChI is InChI=1S/C20H25N3O/c1-14(15(2)21)20(24)22-18-9-7-16(8-10-18)13-23-12-11-17-5-3-4-6-19(17)23/h3-10,14-15H,11-13,21H2,1-2H3,(H,22,24). The molecular weight excluding hydrogens is 298 g/mol. The van der Waals surface area contributed by atoms with Crippen molar-refractivity contribution in [3.05, 3.63) is 59.7 Å². The highest BCUT2D eigenvalue weighted by atomic mass is 16.1. The Balaban J connectivity index is 1.62. The Morgan fingerprint density at radius 2 is 1.88 bits per heavy atom. The summed E-state index contributed by atoms with van der Waals surface area (Å²) in [5, 5.41) is 2.93. The summed E-state index contributed by atoms with van der Waals surface area (Å²) in [5.74, 6) is -0.239. The molecule has 1 aliphatic rings. The predicted molar refractivity (Wildman–Crippen MR) is 99.1 cm³/mol. The molecule has 1 heterocycles. The average molecular weight is 323 g/mol. The third-order valence-electron chi connectivity index (χ3n) is 4.78. The first kappa shape index (κ1) is 16.5. The van der Waals surface area contributed by atoms with Crippen molar-refractivity contribution in [2.45, 2.75) is 32.9 Å². The quantitative estimate of drug-likeness (QED) is 0.888. The molecule has 0 spiro atoms. The van der Waals surface area contributed by atoms with Gasteiger partial charge < -0.3 is 16.0 Å². The van der Waals surface area contributed by atoms with E-state index in [1.165, 1.54) is 16.8 Å². The van der Waals surface area contributed by atoms with Crippen LogP contribution in [-0.2, 0) is 17.8 Å². The van der Waals surface area contributed by atoms with Gasteiger partial charge in [0.2, 0.25) is 5.91 Å². The van der Waals surface area contributed by atoms with E-state index < -0.39 is 0 Å². The van der Waals surface area contributed by atoms with Gasteiger partial charge in [0.15, 0.2) is 0 Å². The first-order valence-corrected chi connectivity index (χ1v) is 8.53. The largest absolute Gasteiger partial charge is 0.367 e. The molecule has 0 bridgehead atoms. The van der Waals surface area contributed by atoms with Crippen LogP contribution >= 0.6 is 0 Å². The van der Waals surface area contributed by atoms with Gasteiger partial charge in [0, 0.05) is 30.5 Å². The SMILES string of the molecule is CC(N)C(C)C(=O)Nc1ccc(CN2CCc3ccccc32)cc1. The van der Waals surface area contributed by atoms with Crippen molar-refractivity contribution < 1.29 is 4.79 Å². The summed E-state index contributed by atoms with van der Waals surface area (Å²) >= 11 is 0. The van der Waals surface area contributed by atoms with E-state index >= 15 is 0 Å². The van der Waals surface area contributed by atoms with Crippen LogP contribution in [0.5, 0.6) is 0 Å². The lowest BCUT2D eigenvalue weighted by Crippen LogP contribution is -2.34. The molecule has 2 unspecified atom stereocenters. The van der Waals surface area contributed by atoms with Crippen LogP contribution in [0.15, 0.2) is 48.5 Å². The number of para-hydroxylation sites is 1. The molecule has 2 aromatic rings. The molecule has 2 aromatic carbocycles. The number of rotatable bonds is 5. The zero-order valence-corrected chi connectivity index (χ0v) is 14.3. The zero-order valence-electron chi connectivity index (χ0n) is 14.3. The highest BCUT2D eigenvalue weighted by Gasteiger charge is 2.19. The second-order valence-electron chi connectivity index (χ2n) is 6.63. The van der Waals surface area contributed by atoms with Gasteiger partial charge in [-0.05, 0) is 42.7 Å². The number of fused-ring (bicyclic) bond motifs is 1. The first-order valence-electron chi connectivity index (χ1n) is 8.53. The van der Waals surface area contributed by atoms with E-state index in [1.807, 2.05) is 26.0 Å². The summed E-state index contributed by atoms with van der Waals surface area (Å²) in [6, 6.07) is 16.5. The van der Waals surface area contributed by atoms with Crippen LogP contribution in [0.4, 0.5) is 11.4 Å². The normalized spacial score (nSPS) is 15.7. The Bertz CT molecular complexity index is 709. The van der Waals surface area contributed by atoms with Gasteiger partial charge in [-0.2, -0.15) is 0 Å². The van der Waals surface area contributed by atoms with Crippen LogP contribution in [0.25, 0.3) is 0 Å². The molecule has 2 atom stereocenters. The summed E-state index contributed by atoms with van der Waals surface area (Å²) in [6.45, 7) is 5.64. The lowest BCUT2D eigenvalue weighted by atomic mass is 10.0. The summed E-state index contributed by atoms with van der Waals surface area (Å²) in [5.41, 5.74) is 10.6. The van der Waals surface area contributed by atoms with Crippen molar-refractivity contribution in [3.8, 4) is 0 Å². The van der Waals surface area contributed by atoms with Crippen LogP contribution < -0.4 is 16.0 Å². The van der Waals surface area contributed by atoms with Crippen molar-refractivity contribution in [3.63, 3.8) is 0 Å². The maximum absolute atomic E-state index is 12.1. The number of carbonyl (C=O) groups excluding carboxylic acids is 1. The summed E-state index contributed by atoms with van der Waals surface area (Å²) < 4.78 is 0. The molecule has 1 amide bonds. The number of hydrogen-bond donors (Lipinski definition) is 2. The molecule has 24 heavy (non-hydrogen) atoms. The highest BCUT2D eigenvalue weighted by Crippen LogP contribution is 2.29. The van der Waals surface area contributed by atoms with E-state index in [1.54, 1.807) is 0 Å². The van der Waals surface area contributed by atoms with E-state index in [-0.39, 0.29) is 17.9 Å². The van der Waals surface area contributed by atoms with Gasteiger partial charge in [0.1, 0.15) is 0 Å². The lowest BCUT2D eigenvalue weighted by molar-refractivity contribution is -0.119. The van der Waals surface area contributed by atoms with E-state index in [9.17, 15) is 4.79 Å². The van der Waals surface area contributed by atoms with Crippen molar-refractivity contribution in [2.75, 3.05) is 16.8 Å². The van der Waals surface area contributed by atoms with Gasteiger partial charge in [-0.3, -0.25) is 4.79 Å². The Morgan fingerprint density at radius 1 is 1.17 bits per heavy atom. The molecule has 0 aromatic heterocycles.